The Labute approximate surface area is 223 Å². The summed E-state index contributed by atoms with van der Waals surface area (Å²) in [4.78, 5) is 29.8. The third-order valence-electron chi connectivity index (χ3n) is 7.64. The molecule has 0 spiro atoms. The van der Waals surface area contributed by atoms with Crippen LogP contribution in [0.15, 0.2) is 35.4 Å². The van der Waals surface area contributed by atoms with Gasteiger partial charge in [-0.1, -0.05) is 35.4 Å². The van der Waals surface area contributed by atoms with Gasteiger partial charge in [-0.15, -0.1) is 0 Å². The van der Waals surface area contributed by atoms with E-state index in [2.05, 4.69) is 10.0 Å². The molecule has 1 aromatic rings. The highest BCUT2D eigenvalue weighted by molar-refractivity contribution is 5.82. The number of hydrogen-bond donors (Lipinski definition) is 0. The van der Waals surface area contributed by atoms with E-state index in [1.807, 2.05) is 0 Å². The van der Waals surface area contributed by atoms with Gasteiger partial charge in [0.15, 0.2) is 12.4 Å². The molecule has 0 bridgehead atoms. The molecule has 2 amide bonds. The lowest BCUT2D eigenvalue weighted by Crippen LogP contribution is -2.59. The summed E-state index contributed by atoms with van der Waals surface area (Å²) >= 11 is 0. The van der Waals surface area contributed by atoms with Gasteiger partial charge in [0.25, 0.3) is 0 Å². The number of carbonyl (C=O) groups is 2. The SMILES string of the molecule is CO[C@H]1C[C@H](N=[N+]=[N-])[C@@H](O[C@@H]2CCC[C@@H](CN(C(=O)C(F)(F)F)[C@H](C)c3ccccc3)O2)[C@@H]2OC(=O)N(C)[C@@H]21. The highest BCUT2D eigenvalue weighted by atomic mass is 19.4. The van der Waals surface area contributed by atoms with Crippen molar-refractivity contribution in [1.82, 2.24) is 9.80 Å². The van der Waals surface area contributed by atoms with Crippen LogP contribution in [0.25, 0.3) is 10.4 Å². The lowest BCUT2D eigenvalue weighted by molar-refractivity contribution is -0.244. The number of nitrogens with zero attached hydrogens (tertiary/aromatic N) is 5. The lowest BCUT2D eigenvalue weighted by Gasteiger charge is -2.43. The standard InChI is InChI=1S/C25H32F3N5O6/c1-14(15-8-5-4-6-9-15)33(23(34)25(26,27)28)13-16-10-7-11-19(37-16)38-21-17(30-31-29)12-18(36-3)20-22(21)39-24(35)32(20)2/h4-6,8-9,14,16-22H,7,10-13H2,1-3H3/t14-,16+,17+,18+,19-,20-,21-,22-/m1/s1. The molecule has 2 heterocycles. The van der Waals surface area contributed by atoms with E-state index in [1.165, 1.54) is 12.0 Å². The van der Waals surface area contributed by atoms with Crippen LogP contribution in [-0.2, 0) is 23.7 Å². The predicted molar refractivity (Wildman–Crippen MR) is 130 cm³/mol. The van der Waals surface area contributed by atoms with Gasteiger partial charge in [0, 0.05) is 25.6 Å². The molecule has 1 saturated carbocycles. The molecule has 39 heavy (non-hydrogen) atoms. The number of amides is 2. The van der Waals surface area contributed by atoms with Crippen LogP contribution < -0.4 is 0 Å². The number of hydrogen-bond acceptors (Lipinski definition) is 7. The Bertz CT molecular complexity index is 1070. The normalized spacial score (nSPS) is 31.6. The van der Waals surface area contributed by atoms with Gasteiger partial charge in [0.2, 0.25) is 0 Å². The first-order chi connectivity index (χ1) is 18.5. The van der Waals surface area contributed by atoms with E-state index in [0.717, 1.165) is 4.90 Å². The van der Waals surface area contributed by atoms with Crippen LogP contribution in [0.2, 0.25) is 0 Å². The first-order valence-electron chi connectivity index (χ1n) is 12.8. The van der Waals surface area contributed by atoms with Crippen LogP contribution in [0.5, 0.6) is 0 Å². The summed E-state index contributed by atoms with van der Waals surface area (Å²) in [5.41, 5.74) is 9.69. The summed E-state index contributed by atoms with van der Waals surface area (Å²) in [5.74, 6) is -1.95. The first-order valence-corrected chi connectivity index (χ1v) is 12.8. The Kier molecular flexibility index (Phi) is 8.90. The minimum Gasteiger partial charge on any atom is -0.441 e. The molecule has 0 aromatic heterocycles. The quantitative estimate of drug-likeness (QED) is 0.267. The highest BCUT2D eigenvalue weighted by Crippen LogP contribution is 2.38. The van der Waals surface area contributed by atoms with E-state index >= 15 is 0 Å². The van der Waals surface area contributed by atoms with Crippen molar-refractivity contribution in [3.05, 3.63) is 46.3 Å². The summed E-state index contributed by atoms with van der Waals surface area (Å²) in [6.07, 6.45) is -7.66. The van der Waals surface area contributed by atoms with Gasteiger partial charge in [-0.3, -0.25) is 4.79 Å². The molecule has 1 aromatic carbocycles. The molecule has 14 heteroatoms. The van der Waals surface area contributed by atoms with Gasteiger partial charge in [0.1, 0.15) is 12.1 Å². The van der Waals surface area contributed by atoms with Gasteiger partial charge in [0.05, 0.1) is 24.3 Å². The maximum absolute atomic E-state index is 13.5. The number of likely N-dealkylation sites (N-methyl/N-ethyl adjacent to an activating group) is 1. The molecule has 0 unspecified atom stereocenters. The summed E-state index contributed by atoms with van der Waals surface area (Å²) < 4.78 is 63.9. The smallest absolute Gasteiger partial charge is 0.441 e. The molecular weight excluding hydrogens is 523 g/mol. The third kappa shape index (κ3) is 6.24. The molecule has 4 rings (SSSR count). The number of azide groups is 1. The average molecular weight is 556 g/mol. The molecule has 2 saturated heterocycles. The van der Waals surface area contributed by atoms with Crippen LogP contribution in [0.3, 0.4) is 0 Å². The number of ether oxygens (including phenoxy) is 4. The summed E-state index contributed by atoms with van der Waals surface area (Å²) in [7, 11) is 3.07. The number of methoxy groups -OCH3 is 1. The van der Waals surface area contributed by atoms with Crippen LogP contribution in [-0.4, -0.2) is 91.5 Å². The van der Waals surface area contributed by atoms with E-state index in [4.69, 9.17) is 24.5 Å². The van der Waals surface area contributed by atoms with Crippen molar-refractivity contribution in [3.63, 3.8) is 0 Å². The fourth-order valence-electron chi connectivity index (χ4n) is 5.63. The van der Waals surface area contributed by atoms with Gasteiger partial charge in [-0.05, 0) is 43.7 Å². The van der Waals surface area contributed by atoms with Crippen molar-refractivity contribution in [2.75, 3.05) is 20.7 Å². The number of fused-ring (bicyclic) bond motifs is 1. The Morgan fingerprint density at radius 3 is 2.67 bits per heavy atom. The van der Waals surface area contributed by atoms with E-state index in [1.54, 1.807) is 44.3 Å². The molecule has 0 N–H and O–H groups in total. The third-order valence-corrected chi connectivity index (χ3v) is 7.64. The molecule has 8 atom stereocenters. The fourth-order valence-corrected chi connectivity index (χ4v) is 5.63. The number of halogens is 3. The van der Waals surface area contributed by atoms with Crippen LogP contribution in [0, 0.1) is 0 Å². The molecule has 0 radical (unpaired) electrons. The summed E-state index contributed by atoms with van der Waals surface area (Å²) in [5, 5.41) is 3.85. The van der Waals surface area contributed by atoms with Gasteiger partial charge < -0.3 is 28.7 Å². The summed E-state index contributed by atoms with van der Waals surface area (Å²) in [6.45, 7) is 1.24. The maximum atomic E-state index is 13.5. The van der Waals surface area contributed by atoms with Gasteiger partial charge >= 0.3 is 18.2 Å². The average Bonchev–Trinajstić information content (AvgIpc) is 3.22. The second kappa shape index (κ2) is 12.0. The Balaban J connectivity index is 1.51. The maximum Gasteiger partial charge on any atom is 0.471 e. The fraction of sp³-hybridized carbons (Fsp3) is 0.680. The minimum atomic E-state index is -5.05. The number of carbonyl (C=O) groups excluding carboxylic acids is 2. The van der Waals surface area contributed by atoms with Crippen molar-refractivity contribution >= 4 is 12.0 Å². The van der Waals surface area contributed by atoms with Gasteiger partial charge in [-0.2, -0.15) is 13.2 Å². The van der Waals surface area contributed by atoms with E-state index in [9.17, 15) is 22.8 Å². The molecule has 11 nitrogen and oxygen atoms in total. The zero-order valence-corrected chi connectivity index (χ0v) is 21.9. The first kappa shape index (κ1) is 28.9. The number of rotatable bonds is 8. The van der Waals surface area contributed by atoms with Crippen molar-refractivity contribution in [2.24, 2.45) is 5.11 Å². The Morgan fingerprint density at radius 2 is 2.03 bits per heavy atom. The highest BCUT2D eigenvalue weighted by Gasteiger charge is 2.55. The van der Waals surface area contributed by atoms with Crippen molar-refractivity contribution in [2.45, 2.75) is 87.6 Å². The molecule has 1 aliphatic carbocycles. The monoisotopic (exact) mass is 555 g/mol. The molecular formula is C25H32F3N5O6. The van der Waals surface area contributed by atoms with Crippen molar-refractivity contribution < 1.29 is 41.7 Å². The summed E-state index contributed by atoms with van der Waals surface area (Å²) in [6, 6.07) is 6.40. The molecule has 2 aliphatic heterocycles. The van der Waals surface area contributed by atoms with Crippen LogP contribution in [0.4, 0.5) is 18.0 Å². The molecule has 214 valence electrons. The second-order valence-corrected chi connectivity index (χ2v) is 9.99. The number of alkyl halides is 3. The zero-order chi connectivity index (χ0) is 28.3. The largest absolute Gasteiger partial charge is 0.471 e. The van der Waals surface area contributed by atoms with E-state index in [0.29, 0.717) is 24.8 Å². The zero-order valence-electron chi connectivity index (χ0n) is 21.9. The number of benzene rings is 1. The minimum absolute atomic E-state index is 0.270. The topological polar surface area (TPSA) is 126 Å². The Hall–Kier alpha value is -3.06. The van der Waals surface area contributed by atoms with E-state index in [-0.39, 0.29) is 13.0 Å². The molecule has 3 fully saturated rings. The predicted octanol–water partition coefficient (Wildman–Crippen LogP) is 4.34. The van der Waals surface area contributed by atoms with Crippen LogP contribution >= 0.6 is 0 Å². The van der Waals surface area contributed by atoms with E-state index < -0.39 is 67.0 Å². The van der Waals surface area contributed by atoms with Crippen molar-refractivity contribution in [3.8, 4) is 0 Å². The second-order valence-electron chi connectivity index (χ2n) is 9.99. The molecule has 3 aliphatic rings. The lowest BCUT2D eigenvalue weighted by atomic mass is 9.83. The van der Waals surface area contributed by atoms with Crippen LogP contribution in [0.1, 0.15) is 44.2 Å². The van der Waals surface area contributed by atoms with Crippen molar-refractivity contribution in [1.29, 1.82) is 0 Å². The Morgan fingerprint density at radius 1 is 1.31 bits per heavy atom. The van der Waals surface area contributed by atoms with Gasteiger partial charge in [-0.25, -0.2) is 4.79 Å².